The van der Waals surface area contributed by atoms with Gasteiger partial charge in [0.05, 0.1) is 17.3 Å². The first kappa shape index (κ1) is 34.0. The summed E-state index contributed by atoms with van der Waals surface area (Å²) in [5.41, 5.74) is -1.70. The molecule has 0 radical (unpaired) electrons. The topological polar surface area (TPSA) is 81.0 Å². The van der Waals surface area contributed by atoms with Crippen molar-refractivity contribution in [3.05, 3.63) is 93.3 Å². The van der Waals surface area contributed by atoms with Crippen LogP contribution in [0.5, 0.6) is 0 Å². The van der Waals surface area contributed by atoms with Crippen molar-refractivity contribution in [1.82, 2.24) is 4.90 Å². The Morgan fingerprint density at radius 1 is 0.898 bits per heavy atom. The number of ketones is 1. The van der Waals surface area contributed by atoms with E-state index in [1.165, 1.54) is 6.07 Å². The van der Waals surface area contributed by atoms with Crippen LogP contribution >= 0.6 is 23.2 Å². The molecule has 6 aliphatic carbocycles. The molecule has 9 rings (SSSR count). The number of rotatable bonds is 6. The summed E-state index contributed by atoms with van der Waals surface area (Å²) in [6, 6.07) is 12.0. The molecular weight excluding hydrogens is 660 g/mol. The summed E-state index contributed by atoms with van der Waals surface area (Å²) in [4.78, 5) is 17.0. The first-order valence-corrected chi connectivity index (χ1v) is 19.0. The number of likely N-dealkylation sites (tertiary alicyclic amines) is 1. The number of aliphatic hydroxyl groups excluding tert-OH is 1. The number of carbonyl (C=O) groups is 1. The zero-order valence-corrected chi connectivity index (χ0v) is 30.0. The fraction of sp³-hybridized carbons (Fsp3) is 0.585. The monoisotopic (exact) mass is 707 g/mol. The molecule has 0 aromatic heterocycles. The third-order valence-electron chi connectivity index (χ3n) is 15.0. The number of allylic oxidation sites excluding steroid dienone is 4. The molecule has 8 atom stereocenters. The molecule has 2 aromatic carbocycles. The molecule has 4 fully saturated rings. The normalized spacial score (nSPS) is 40.7. The number of piperidine rings is 1. The number of nitrogens with zero attached hydrogens (tertiary/aromatic N) is 1. The molecule has 1 aliphatic heterocycles. The Morgan fingerprint density at radius 2 is 1.57 bits per heavy atom. The van der Waals surface area contributed by atoms with E-state index in [4.69, 9.17) is 23.2 Å². The first-order chi connectivity index (χ1) is 23.2. The Bertz CT molecular complexity index is 1720. The summed E-state index contributed by atoms with van der Waals surface area (Å²) in [6.07, 6.45) is 12.7. The van der Waals surface area contributed by atoms with Gasteiger partial charge in [0.15, 0.2) is 5.78 Å². The van der Waals surface area contributed by atoms with Gasteiger partial charge in [-0.15, -0.1) is 0 Å². The number of carbonyl (C=O) groups excluding carboxylic acids is 1. The molecule has 8 unspecified atom stereocenters. The summed E-state index contributed by atoms with van der Waals surface area (Å²) < 4.78 is 15.1. The van der Waals surface area contributed by atoms with Crippen molar-refractivity contribution in [2.75, 3.05) is 19.6 Å². The van der Waals surface area contributed by atoms with E-state index in [2.05, 4.69) is 37.0 Å². The van der Waals surface area contributed by atoms with Crippen molar-refractivity contribution in [1.29, 1.82) is 0 Å². The Balaban J connectivity index is 1.12. The van der Waals surface area contributed by atoms with Crippen LogP contribution in [0.1, 0.15) is 82.8 Å². The van der Waals surface area contributed by atoms with Gasteiger partial charge in [-0.05, 0) is 105 Å². The van der Waals surface area contributed by atoms with Crippen LogP contribution in [0.2, 0.25) is 10.0 Å². The summed E-state index contributed by atoms with van der Waals surface area (Å²) in [7, 11) is 0. The largest absolute Gasteiger partial charge is 0.393 e. The van der Waals surface area contributed by atoms with E-state index >= 15 is 4.39 Å². The smallest absolute Gasteiger partial charge is 0.164 e. The van der Waals surface area contributed by atoms with Crippen LogP contribution in [0.4, 0.5) is 4.39 Å². The molecule has 2 spiro atoms. The van der Waals surface area contributed by atoms with Gasteiger partial charge in [-0.2, -0.15) is 0 Å². The van der Waals surface area contributed by atoms with Gasteiger partial charge in [0.25, 0.3) is 0 Å². The number of β-amino-alcohol motifs (C(OH)–C–C–N with tert-alkyl or cyclic N) is 1. The fourth-order valence-electron chi connectivity index (χ4n) is 12.1. The Morgan fingerprint density at radius 3 is 2.29 bits per heavy atom. The molecule has 49 heavy (non-hydrogen) atoms. The second-order valence-electron chi connectivity index (χ2n) is 16.9. The first-order valence-electron chi connectivity index (χ1n) is 18.2. The van der Waals surface area contributed by atoms with Crippen molar-refractivity contribution < 1.29 is 24.5 Å². The molecule has 7 aliphatic rings. The predicted octanol–water partition coefficient (Wildman–Crippen LogP) is 7.82. The Hall–Kier alpha value is -2.06. The van der Waals surface area contributed by atoms with Crippen LogP contribution in [-0.4, -0.2) is 57.3 Å². The molecule has 0 amide bonds. The maximum atomic E-state index is 15.1. The number of aliphatic hydroxyl groups is 3. The van der Waals surface area contributed by atoms with E-state index in [1.807, 2.05) is 24.3 Å². The minimum absolute atomic E-state index is 0.0176. The SMILES string of the molecule is CC12CCC(O)CC13C=CC1(C(C(=O)Cc4c(F)cccc4Cl)=C3)C2CCC2(C)C1CCC2(O)CN1CCC(O)(c2ccc(Cl)cc2)CC1. The van der Waals surface area contributed by atoms with Crippen LogP contribution in [0.25, 0.3) is 0 Å². The van der Waals surface area contributed by atoms with Crippen molar-refractivity contribution in [3.8, 4) is 0 Å². The highest BCUT2D eigenvalue weighted by Gasteiger charge is 2.74. The second-order valence-corrected chi connectivity index (χ2v) is 17.8. The van der Waals surface area contributed by atoms with Gasteiger partial charge in [0.2, 0.25) is 0 Å². The van der Waals surface area contributed by atoms with Crippen molar-refractivity contribution in [2.24, 2.45) is 33.5 Å². The highest BCUT2D eigenvalue weighted by Crippen LogP contribution is 2.78. The maximum absolute atomic E-state index is 15.1. The lowest BCUT2D eigenvalue weighted by molar-refractivity contribution is -0.181. The highest BCUT2D eigenvalue weighted by molar-refractivity contribution is 6.31. The van der Waals surface area contributed by atoms with Crippen molar-refractivity contribution in [3.63, 3.8) is 0 Å². The van der Waals surface area contributed by atoms with Gasteiger partial charge in [-0.25, -0.2) is 4.39 Å². The molecule has 3 N–H and O–H groups in total. The van der Waals surface area contributed by atoms with Crippen LogP contribution < -0.4 is 0 Å². The van der Waals surface area contributed by atoms with Gasteiger partial charge in [-0.3, -0.25) is 4.79 Å². The molecule has 1 saturated heterocycles. The quantitative estimate of drug-likeness (QED) is 0.267. The van der Waals surface area contributed by atoms with Crippen LogP contribution in [0.3, 0.4) is 0 Å². The van der Waals surface area contributed by atoms with E-state index in [1.54, 1.807) is 12.1 Å². The molecule has 5 nitrogen and oxygen atoms in total. The van der Waals surface area contributed by atoms with Crippen LogP contribution in [0, 0.1) is 39.3 Å². The molecule has 8 heteroatoms. The molecule has 3 saturated carbocycles. The number of hydrogen-bond acceptors (Lipinski definition) is 5. The average molecular weight is 709 g/mol. The number of Topliss-reactive ketones (excluding diaryl/α,β-unsaturated/α-hetero) is 1. The predicted molar refractivity (Wildman–Crippen MR) is 190 cm³/mol. The van der Waals surface area contributed by atoms with Crippen LogP contribution in [-0.2, 0) is 16.8 Å². The lowest BCUT2D eigenvalue weighted by Gasteiger charge is -2.71. The lowest BCUT2D eigenvalue weighted by Crippen LogP contribution is -2.67. The zero-order chi connectivity index (χ0) is 34.6. The standard InChI is InChI=1S/C41H48Cl2FNO4/c1-36-13-10-28(46)23-38(36)16-17-41(30(24-38)33(47)22-29-31(43)4-3-5-32(29)44)34(36)11-14-37(2)35(41)12-15-40(37,49)25-45-20-18-39(48,19-21-45)26-6-8-27(42)9-7-26/h3-9,16-17,24,28,34-35,46,48-49H,10-15,18-23,25H2,1-2H3. The Kier molecular flexibility index (Phi) is 7.97. The minimum atomic E-state index is -0.973. The fourth-order valence-corrected chi connectivity index (χ4v) is 12.5. The maximum Gasteiger partial charge on any atom is 0.164 e. The Labute approximate surface area is 299 Å². The van der Waals surface area contributed by atoms with Crippen LogP contribution in [0.15, 0.2) is 66.3 Å². The van der Waals surface area contributed by atoms with Gasteiger partial charge in [-0.1, -0.05) is 73.5 Å². The molecule has 2 bridgehead atoms. The van der Waals surface area contributed by atoms with E-state index in [0.29, 0.717) is 50.3 Å². The second kappa shape index (κ2) is 11.5. The molecule has 2 aromatic rings. The molecule has 262 valence electrons. The third kappa shape index (κ3) is 4.80. The minimum Gasteiger partial charge on any atom is -0.393 e. The average Bonchev–Trinajstić information content (AvgIpc) is 3.34. The summed E-state index contributed by atoms with van der Waals surface area (Å²) >= 11 is 12.6. The van der Waals surface area contributed by atoms with E-state index < -0.39 is 39.4 Å². The molecular formula is C41H48Cl2FNO4. The number of halogens is 3. The zero-order valence-electron chi connectivity index (χ0n) is 28.5. The lowest BCUT2D eigenvalue weighted by atomic mass is 9.32. The third-order valence-corrected chi connectivity index (χ3v) is 15.6. The summed E-state index contributed by atoms with van der Waals surface area (Å²) in [5.74, 6) is -0.400. The molecule has 1 heterocycles. The van der Waals surface area contributed by atoms with Gasteiger partial charge in [0.1, 0.15) is 5.82 Å². The summed E-state index contributed by atoms with van der Waals surface area (Å²) in [5, 5.41) is 36.2. The van der Waals surface area contributed by atoms with Crippen molar-refractivity contribution in [2.45, 2.75) is 95.4 Å². The van der Waals surface area contributed by atoms with Crippen molar-refractivity contribution >= 4 is 29.0 Å². The van der Waals surface area contributed by atoms with Gasteiger partial charge in [0, 0.05) is 63.5 Å². The van der Waals surface area contributed by atoms with Gasteiger partial charge >= 0.3 is 0 Å². The van der Waals surface area contributed by atoms with E-state index in [0.717, 1.165) is 43.2 Å². The van der Waals surface area contributed by atoms with E-state index in [9.17, 15) is 20.1 Å². The van der Waals surface area contributed by atoms with Gasteiger partial charge < -0.3 is 20.2 Å². The van der Waals surface area contributed by atoms with E-state index in [-0.39, 0.29) is 40.0 Å². The number of hydrogen-bond donors (Lipinski definition) is 3. The highest BCUT2D eigenvalue weighted by atomic mass is 35.5. The number of fused-ring (bicyclic) bond motifs is 1. The summed E-state index contributed by atoms with van der Waals surface area (Å²) in [6.45, 7) is 6.48. The number of benzene rings is 2.